The molecular weight excluding hydrogens is 344 g/mol. The maximum absolute atomic E-state index is 8.68. The molecule has 0 heterocycles. The van der Waals surface area contributed by atoms with Gasteiger partial charge in [-0.15, -0.1) is 0 Å². The molecule has 0 aliphatic carbocycles. The second-order valence-corrected chi connectivity index (χ2v) is 8.71. The zero-order chi connectivity index (χ0) is 18.5. The molecule has 4 heteroatoms. The van der Waals surface area contributed by atoms with Crippen molar-refractivity contribution in [3.8, 4) is 0 Å². The number of aliphatic hydroxyl groups is 1. The summed E-state index contributed by atoms with van der Waals surface area (Å²) < 4.78 is 10.8. The van der Waals surface area contributed by atoms with Gasteiger partial charge in [-0.25, -0.2) is 0 Å². The van der Waals surface area contributed by atoms with E-state index < -0.39 is 0 Å². The lowest BCUT2D eigenvalue weighted by molar-refractivity contribution is 0.0232. The molecule has 0 bridgehead atoms. The van der Waals surface area contributed by atoms with Crippen LogP contribution in [-0.2, 0) is 39.8 Å². The lowest BCUT2D eigenvalue weighted by atomic mass is 10.0. The van der Waals surface area contributed by atoms with E-state index in [2.05, 4.69) is 42.7 Å². The molecule has 26 heavy (non-hydrogen) atoms. The second kappa shape index (κ2) is 12.9. The zero-order valence-electron chi connectivity index (χ0n) is 15.7. The molecule has 3 nitrogen and oxygen atoms in total. The zero-order valence-corrected chi connectivity index (χ0v) is 16.5. The van der Waals surface area contributed by atoms with Gasteiger partial charge in [-0.1, -0.05) is 54.6 Å². The summed E-state index contributed by atoms with van der Waals surface area (Å²) in [5.74, 6) is 1.82. The molecule has 0 spiro atoms. The van der Waals surface area contributed by atoms with E-state index in [1.165, 1.54) is 16.7 Å². The molecule has 1 atom stereocenters. The molecule has 0 radical (unpaired) electrons. The summed E-state index contributed by atoms with van der Waals surface area (Å²) in [5.41, 5.74) is 4.03. The highest BCUT2D eigenvalue weighted by Gasteiger charge is 2.10. The van der Waals surface area contributed by atoms with Gasteiger partial charge in [-0.05, 0) is 42.4 Å². The van der Waals surface area contributed by atoms with Crippen LogP contribution in [0.3, 0.4) is 0 Å². The maximum atomic E-state index is 8.68. The number of benzene rings is 2. The highest BCUT2D eigenvalue weighted by atomic mass is 32.2. The summed E-state index contributed by atoms with van der Waals surface area (Å²) in [4.78, 5) is 0. The average Bonchev–Trinajstić information content (AvgIpc) is 2.67. The van der Waals surface area contributed by atoms with Crippen LogP contribution in [0.1, 0.15) is 29.5 Å². The lowest BCUT2D eigenvalue weighted by Crippen LogP contribution is -2.13. The fourth-order valence-electron chi connectivity index (χ4n) is 2.84. The fourth-order valence-corrected chi connectivity index (χ4v) is 3.96. The SMILES string of the molecule is C[S+](CCCc1cccc(CCCOCc2ccccc2)c1)COCO. The van der Waals surface area contributed by atoms with Crippen LogP contribution in [0.25, 0.3) is 0 Å². The smallest absolute Gasteiger partial charge is 0.210 e. The van der Waals surface area contributed by atoms with Gasteiger partial charge in [0.15, 0.2) is 0 Å². The van der Waals surface area contributed by atoms with Crippen molar-refractivity contribution >= 4 is 10.9 Å². The van der Waals surface area contributed by atoms with E-state index in [1.807, 2.05) is 18.2 Å². The van der Waals surface area contributed by atoms with Crippen molar-refractivity contribution in [2.75, 3.05) is 31.3 Å². The van der Waals surface area contributed by atoms with Crippen molar-refractivity contribution in [3.63, 3.8) is 0 Å². The lowest BCUT2D eigenvalue weighted by Gasteiger charge is -2.07. The van der Waals surface area contributed by atoms with Crippen molar-refractivity contribution in [3.05, 3.63) is 71.3 Å². The van der Waals surface area contributed by atoms with Crippen LogP contribution < -0.4 is 0 Å². The van der Waals surface area contributed by atoms with E-state index in [0.717, 1.165) is 38.0 Å². The third-order valence-corrected chi connectivity index (χ3v) is 5.75. The molecule has 0 amide bonds. The van der Waals surface area contributed by atoms with Crippen LogP contribution in [0.4, 0.5) is 0 Å². The van der Waals surface area contributed by atoms with Gasteiger partial charge in [0.1, 0.15) is 12.5 Å². The summed E-state index contributed by atoms with van der Waals surface area (Å²) >= 11 is 0. The first kappa shape index (κ1) is 21.0. The Bertz CT molecular complexity index is 603. The predicted octanol–water partition coefficient (Wildman–Crippen LogP) is 3.94. The molecule has 2 rings (SSSR count). The first-order valence-corrected chi connectivity index (χ1v) is 11.2. The number of aliphatic hydroxyl groups excluding tert-OH is 1. The van der Waals surface area contributed by atoms with Crippen molar-refractivity contribution in [1.82, 2.24) is 0 Å². The molecule has 0 aliphatic heterocycles. The van der Waals surface area contributed by atoms with Gasteiger partial charge >= 0.3 is 0 Å². The first-order chi connectivity index (χ1) is 12.8. The van der Waals surface area contributed by atoms with Crippen molar-refractivity contribution in [1.29, 1.82) is 0 Å². The molecule has 2 aromatic carbocycles. The normalized spacial score (nSPS) is 12.2. The molecule has 0 saturated carbocycles. The Hall–Kier alpha value is -1.33. The summed E-state index contributed by atoms with van der Waals surface area (Å²) in [7, 11) is 0.229. The second-order valence-electron chi connectivity index (χ2n) is 6.50. The van der Waals surface area contributed by atoms with Gasteiger partial charge < -0.3 is 14.6 Å². The Balaban J connectivity index is 1.62. The highest BCUT2D eigenvalue weighted by molar-refractivity contribution is 7.96. The summed E-state index contributed by atoms with van der Waals surface area (Å²) in [6.07, 6.45) is 6.58. The van der Waals surface area contributed by atoms with Gasteiger partial charge in [0.05, 0.1) is 12.9 Å². The molecule has 1 unspecified atom stereocenters. The van der Waals surface area contributed by atoms with Crippen molar-refractivity contribution in [2.24, 2.45) is 0 Å². The number of hydrogen-bond acceptors (Lipinski definition) is 3. The molecule has 0 aliphatic rings. The van der Waals surface area contributed by atoms with Crippen LogP contribution in [-0.4, -0.2) is 36.5 Å². The molecule has 0 saturated heterocycles. The minimum Gasteiger partial charge on any atom is -0.377 e. The molecule has 0 aromatic heterocycles. The Morgan fingerprint density at radius 1 is 0.846 bits per heavy atom. The van der Waals surface area contributed by atoms with Crippen LogP contribution in [0, 0.1) is 0 Å². The van der Waals surface area contributed by atoms with E-state index in [0.29, 0.717) is 12.5 Å². The fraction of sp³-hybridized carbons (Fsp3) is 0.455. The van der Waals surface area contributed by atoms with E-state index in [1.54, 1.807) is 0 Å². The standard InChI is InChI=1S/C22H31O3S/c1-26(19-25-18-23)15-7-13-21-11-5-10-20(16-21)12-6-14-24-17-22-8-3-2-4-9-22/h2-5,8-11,16,23H,6-7,12-15,17-19H2,1H3/q+1. The molecule has 142 valence electrons. The van der Waals surface area contributed by atoms with Crippen LogP contribution >= 0.6 is 0 Å². The molecule has 1 N–H and O–H groups in total. The Kier molecular flexibility index (Phi) is 10.4. The monoisotopic (exact) mass is 375 g/mol. The Morgan fingerprint density at radius 2 is 1.54 bits per heavy atom. The van der Waals surface area contributed by atoms with Crippen molar-refractivity contribution in [2.45, 2.75) is 32.3 Å². The summed E-state index contributed by atoms with van der Waals surface area (Å²) in [6.45, 7) is 1.32. The number of hydrogen-bond donors (Lipinski definition) is 1. The van der Waals surface area contributed by atoms with Gasteiger partial charge in [0, 0.05) is 17.5 Å². The van der Waals surface area contributed by atoms with E-state index in [-0.39, 0.29) is 17.7 Å². The quantitative estimate of drug-likeness (QED) is 0.327. The topological polar surface area (TPSA) is 38.7 Å². The van der Waals surface area contributed by atoms with Crippen molar-refractivity contribution < 1.29 is 14.6 Å². The van der Waals surface area contributed by atoms with Gasteiger partial charge in [-0.3, -0.25) is 0 Å². The van der Waals surface area contributed by atoms with Crippen LogP contribution in [0.2, 0.25) is 0 Å². The Morgan fingerprint density at radius 3 is 2.27 bits per heavy atom. The third-order valence-electron chi connectivity index (χ3n) is 4.19. The van der Waals surface area contributed by atoms with Gasteiger partial charge in [-0.2, -0.15) is 0 Å². The third kappa shape index (κ3) is 8.86. The molecule has 0 fully saturated rings. The average molecular weight is 376 g/mol. The molecule has 2 aromatic rings. The van der Waals surface area contributed by atoms with Gasteiger partial charge in [0.2, 0.25) is 5.94 Å². The largest absolute Gasteiger partial charge is 0.377 e. The van der Waals surface area contributed by atoms with Crippen LogP contribution in [0.15, 0.2) is 54.6 Å². The van der Waals surface area contributed by atoms with E-state index in [9.17, 15) is 0 Å². The van der Waals surface area contributed by atoms with Crippen LogP contribution in [0.5, 0.6) is 0 Å². The predicted molar refractivity (Wildman–Crippen MR) is 110 cm³/mol. The maximum Gasteiger partial charge on any atom is 0.210 e. The van der Waals surface area contributed by atoms with E-state index in [4.69, 9.17) is 14.6 Å². The summed E-state index contributed by atoms with van der Waals surface area (Å²) in [6, 6.07) is 19.2. The van der Waals surface area contributed by atoms with E-state index >= 15 is 0 Å². The first-order valence-electron chi connectivity index (χ1n) is 9.25. The van der Waals surface area contributed by atoms with Gasteiger partial charge in [0.25, 0.3) is 0 Å². The molecular formula is C22H31O3S+. The Labute approximate surface area is 160 Å². The summed E-state index contributed by atoms with van der Waals surface area (Å²) in [5, 5.41) is 8.68. The number of rotatable bonds is 13. The minimum absolute atomic E-state index is 0.172. The highest BCUT2D eigenvalue weighted by Crippen LogP contribution is 2.11. The minimum atomic E-state index is -0.172. The number of ether oxygens (including phenoxy) is 2. The number of aryl methyl sites for hydroxylation is 2.